The van der Waals surface area contributed by atoms with E-state index in [4.69, 9.17) is 12.2 Å². The second-order valence-corrected chi connectivity index (χ2v) is 5.25. The summed E-state index contributed by atoms with van der Waals surface area (Å²) in [7, 11) is 0. The summed E-state index contributed by atoms with van der Waals surface area (Å²) in [6, 6.07) is 9.23. The fourth-order valence-electron chi connectivity index (χ4n) is 1.85. The number of thiocarbonyl (C=S) groups is 1. The Balaban J connectivity index is 1.95. The highest BCUT2D eigenvalue weighted by Crippen LogP contribution is 2.14. The van der Waals surface area contributed by atoms with E-state index in [1.54, 1.807) is 0 Å². The van der Waals surface area contributed by atoms with Crippen LogP contribution in [0.5, 0.6) is 0 Å². The molecule has 0 saturated carbocycles. The molecule has 0 atom stereocenters. The van der Waals surface area contributed by atoms with Gasteiger partial charge in [0.15, 0.2) is 5.11 Å². The standard InChI is InChI=1S/C16H16F2N2S/c1-10-3-5-14(7-11(10)2)20-16(21)19-9-12-8-13(17)4-6-15(12)18/h3-8H,9H2,1-2H3,(H2,19,20,21). The predicted molar refractivity (Wildman–Crippen MR) is 85.3 cm³/mol. The minimum Gasteiger partial charge on any atom is -0.358 e. The van der Waals surface area contributed by atoms with Gasteiger partial charge in [-0.05, 0) is 67.5 Å². The van der Waals surface area contributed by atoms with Gasteiger partial charge in [0.1, 0.15) is 11.6 Å². The Morgan fingerprint density at radius 1 is 1.05 bits per heavy atom. The van der Waals surface area contributed by atoms with E-state index in [0.717, 1.165) is 29.4 Å². The van der Waals surface area contributed by atoms with Gasteiger partial charge in [0.2, 0.25) is 0 Å². The minimum absolute atomic E-state index is 0.125. The van der Waals surface area contributed by atoms with Gasteiger partial charge in [-0.25, -0.2) is 8.78 Å². The molecule has 2 rings (SSSR count). The van der Waals surface area contributed by atoms with E-state index in [-0.39, 0.29) is 12.1 Å². The van der Waals surface area contributed by atoms with Crippen LogP contribution in [0.2, 0.25) is 0 Å². The van der Waals surface area contributed by atoms with E-state index in [0.29, 0.717) is 5.11 Å². The summed E-state index contributed by atoms with van der Waals surface area (Å²) in [4.78, 5) is 0. The first-order valence-electron chi connectivity index (χ1n) is 6.52. The van der Waals surface area contributed by atoms with Crippen LogP contribution < -0.4 is 10.6 Å². The van der Waals surface area contributed by atoms with Gasteiger partial charge < -0.3 is 10.6 Å². The smallest absolute Gasteiger partial charge is 0.171 e. The van der Waals surface area contributed by atoms with E-state index in [1.807, 2.05) is 32.0 Å². The number of nitrogens with one attached hydrogen (secondary N) is 2. The molecular formula is C16H16F2N2S. The van der Waals surface area contributed by atoms with Crippen LogP contribution in [0.3, 0.4) is 0 Å². The van der Waals surface area contributed by atoms with Gasteiger partial charge in [-0.1, -0.05) is 6.07 Å². The lowest BCUT2D eigenvalue weighted by atomic mass is 10.1. The fourth-order valence-corrected chi connectivity index (χ4v) is 2.04. The van der Waals surface area contributed by atoms with Crippen molar-refractivity contribution in [1.29, 1.82) is 0 Å². The van der Waals surface area contributed by atoms with Crippen molar-refractivity contribution in [2.75, 3.05) is 5.32 Å². The molecule has 0 aliphatic heterocycles. The lowest BCUT2D eigenvalue weighted by Crippen LogP contribution is -2.28. The number of hydrogen-bond donors (Lipinski definition) is 2. The number of benzene rings is 2. The van der Waals surface area contributed by atoms with Gasteiger partial charge in [-0.3, -0.25) is 0 Å². The lowest BCUT2D eigenvalue weighted by Gasteiger charge is -2.12. The normalized spacial score (nSPS) is 10.3. The molecule has 110 valence electrons. The van der Waals surface area contributed by atoms with Crippen molar-refractivity contribution in [2.24, 2.45) is 0 Å². The van der Waals surface area contributed by atoms with E-state index in [2.05, 4.69) is 10.6 Å². The van der Waals surface area contributed by atoms with E-state index in [1.165, 1.54) is 5.56 Å². The molecule has 5 heteroatoms. The average Bonchev–Trinajstić information content (AvgIpc) is 2.44. The quantitative estimate of drug-likeness (QED) is 0.836. The zero-order valence-electron chi connectivity index (χ0n) is 11.8. The first-order valence-corrected chi connectivity index (χ1v) is 6.92. The highest BCUT2D eigenvalue weighted by Gasteiger charge is 2.05. The fraction of sp³-hybridized carbons (Fsp3) is 0.188. The third-order valence-corrected chi connectivity index (χ3v) is 3.46. The molecule has 0 heterocycles. The Morgan fingerprint density at radius 2 is 1.81 bits per heavy atom. The second-order valence-electron chi connectivity index (χ2n) is 4.84. The van der Waals surface area contributed by atoms with Crippen LogP contribution in [0, 0.1) is 25.5 Å². The molecule has 2 aromatic carbocycles. The summed E-state index contributed by atoms with van der Waals surface area (Å²) in [5, 5.41) is 6.24. The Morgan fingerprint density at radius 3 is 2.52 bits per heavy atom. The zero-order valence-corrected chi connectivity index (χ0v) is 12.7. The van der Waals surface area contributed by atoms with Gasteiger partial charge in [0, 0.05) is 17.8 Å². The molecule has 0 aromatic heterocycles. The molecule has 0 aliphatic rings. The first kappa shape index (κ1) is 15.4. The minimum atomic E-state index is -0.471. The Bertz CT molecular complexity index is 671. The van der Waals surface area contributed by atoms with Crippen molar-refractivity contribution in [3.05, 3.63) is 64.7 Å². The van der Waals surface area contributed by atoms with Crippen molar-refractivity contribution in [2.45, 2.75) is 20.4 Å². The van der Waals surface area contributed by atoms with Crippen LogP contribution in [0.4, 0.5) is 14.5 Å². The number of hydrogen-bond acceptors (Lipinski definition) is 1. The Kier molecular flexibility index (Phi) is 4.85. The highest BCUT2D eigenvalue weighted by atomic mass is 32.1. The largest absolute Gasteiger partial charge is 0.358 e. The van der Waals surface area contributed by atoms with Gasteiger partial charge in [0.25, 0.3) is 0 Å². The molecule has 0 spiro atoms. The van der Waals surface area contributed by atoms with Crippen LogP contribution in [-0.4, -0.2) is 5.11 Å². The molecule has 2 N–H and O–H groups in total. The average molecular weight is 306 g/mol. The molecule has 2 aromatic rings. The summed E-state index contributed by atoms with van der Waals surface area (Å²) >= 11 is 5.15. The summed E-state index contributed by atoms with van der Waals surface area (Å²) in [5.74, 6) is -0.931. The molecule has 0 amide bonds. The molecule has 0 saturated heterocycles. The SMILES string of the molecule is Cc1ccc(NC(=S)NCc2cc(F)ccc2F)cc1C. The summed E-state index contributed by atoms with van der Waals surface area (Å²) < 4.78 is 26.5. The molecule has 0 radical (unpaired) electrons. The zero-order chi connectivity index (χ0) is 15.4. The van der Waals surface area contributed by atoms with Gasteiger partial charge >= 0.3 is 0 Å². The topological polar surface area (TPSA) is 24.1 Å². The molecule has 0 unspecified atom stereocenters. The van der Waals surface area contributed by atoms with Crippen LogP contribution in [0.25, 0.3) is 0 Å². The Labute approximate surface area is 128 Å². The van der Waals surface area contributed by atoms with E-state index < -0.39 is 11.6 Å². The van der Waals surface area contributed by atoms with Crippen molar-refractivity contribution in [3.63, 3.8) is 0 Å². The Hall–Kier alpha value is -2.01. The van der Waals surface area contributed by atoms with Crippen LogP contribution in [-0.2, 0) is 6.54 Å². The van der Waals surface area contributed by atoms with Crippen molar-refractivity contribution in [1.82, 2.24) is 5.32 Å². The third kappa shape index (κ3) is 4.23. The second kappa shape index (κ2) is 6.63. The van der Waals surface area contributed by atoms with Gasteiger partial charge in [-0.15, -0.1) is 0 Å². The van der Waals surface area contributed by atoms with Crippen LogP contribution in [0.1, 0.15) is 16.7 Å². The van der Waals surface area contributed by atoms with Crippen LogP contribution >= 0.6 is 12.2 Å². The van der Waals surface area contributed by atoms with Gasteiger partial charge in [0.05, 0.1) is 0 Å². The summed E-state index contributed by atoms with van der Waals surface area (Å²) in [6.07, 6.45) is 0. The van der Waals surface area contributed by atoms with Crippen molar-refractivity contribution in [3.8, 4) is 0 Å². The van der Waals surface area contributed by atoms with Crippen LogP contribution in [0.15, 0.2) is 36.4 Å². The molecule has 21 heavy (non-hydrogen) atoms. The number of rotatable bonds is 3. The van der Waals surface area contributed by atoms with Gasteiger partial charge in [-0.2, -0.15) is 0 Å². The number of halogens is 2. The third-order valence-electron chi connectivity index (χ3n) is 3.21. The van der Waals surface area contributed by atoms with Crippen molar-refractivity contribution >= 4 is 23.0 Å². The molecule has 0 fully saturated rings. The lowest BCUT2D eigenvalue weighted by molar-refractivity contribution is 0.582. The number of anilines is 1. The maximum Gasteiger partial charge on any atom is 0.171 e. The summed E-state index contributed by atoms with van der Waals surface area (Å²) in [6.45, 7) is 4.17. The maximum absolute atomic E-state index is 13.5. The van der Waals surface area contributed by atoms with Crippen molar-refractivity contribution < 1.29 is 8.78 Å². The number of aryl methyl sites for hydroxylation is 2. The molecule has 2 nitrogen and oxygen atoms in total. The highest BCUT2D eigenvalue weighted by molar-refractivity contribution is 7.80. The molecule has 0 bridgehead atoms. The van der Waals surface area contributed by atoms with E-state index >= 15 is 0 Å². The maximum atomic E-state index is 13.5. The molecular weight excluding hydrogens is 290 g/mol. The summed E-state index contributed by atoms with van der Waals surface area (Å²) in [5.41, 5.74) is 3.44. The predicted octanol–water partition coefficient (Wildman–Crippen LogP) is 4.07. The molecule has 0 aliphatic carbocycles. The first-order chi connectivity index (χ1) is 9.95. The monoisotopic (exact) mass is 306 g/mol. The van der Waals surface area contributed by atoms with E-state index in [9.17, 15) is 8.78 Å².